The first-order valence-electron chi connectivity index (χ1n) is 12.2. The number of aromatic carboxylic acids is 1. The number of carboxylic acid groups (broad SMARTS) is 1. The quantitative estimate of drug-likeness (QED) is 0.411. The van der Waals surface area contributed by atoms with Gasteiger partial charge in [0.2, 0.25) is 0 Å². The first kappa shape index (κ1) is 26.9. The van der Waals surface area contributed by atoms with Gasteiger partial charge in [-0.3, -0.25) is 4.72 Å². The van der Waals surface area contributed by atoms with Crippen molar-refractivity contribution >= 4 is 21.7 Å². The van der Waals surface area contributed by atoms with Gasteiger partial charge in [0.05, 0.1) is 17.2 Å². The molecule has 2 atom stereocenters. The van der Waals surface area contributed by atoms with Crippen molar-refractivity contribution in [3.05, 3.63) is 52.8 Å². The highest BCUT2D eigenvalue weighted by Crippen LogP contribution is 2.42. The third kappa shape index (κ3) is 6.13. The predicted octanol–water partition coefficient (Wildman–Crippen LogP) is 5.12. The number of unbranched alkanes of at least 4 members (excludes halogenated alkanes) is 1. The van der Waals surface area contributed by atoms with Gasteiger partial charge < -0.3 is 14.7 Å². The van der Waals surface area contributed by atoms with Crippen LogP contribution in [0.15, 0.2) is 35.2 Å². The zero-order valence-electron chi connectivity index (χ0n) is 20.8. The number of fused-ring (bicyclic) bond motifs is 1. The molecule has 2 aromatic carbocycles. The lowest BCUT2D eigenvalue weighted by atomic mass is 9.85. The molecular weight excluding hydrogens is 471 g/mol. The van der Waals surface area contributed by atoms with Gasteiger partial charge >= 0.3 is 5.97 Å². The molecule has 2 N–H and O–H groups in total. The van der Waals surface area contributed by atoms with E-state index in [1.807, 2.05) is 13.8 Å². The Hall–Kier alpha value is -2.65. The van der Waals surface area contributed by atoms with E-state index in [0.717, 1.165) is 37.7 Å². The number of rotatable bonds is 11. The zero-order valence-corrected chi connectivity index (χ0v) is 21.6. The van der Waals surface area contributed by atoms with E-state index in [0.29, 0.717) is 25.0 Å². The lowest BCUT2D eigenvalue weighted by Gasteiger charge is -2.30. The number of carboxylic acids is 1. The second-order valence-electron chi connectivity index (χ2n) is 9.13. The smallest absolute Gasteiger partial charge is 0.341 e. The van der Waals surface area contributed by atoms with Crippen molar-refractivity contribution in [1.82, 2.24) is 4.90 Å². The Kier molecular flexibility index (Phi) is 8.77. The highest BCUT2D eigenvalue weighted by Gasteiger charge is 2.31. The average molecular weight is 507 g/mol. The summed E-state index contributed by atoms with van der Waals surface area (Å²) in [7, 11) is -4.18. The molecule has 0 fully saturated rings. The first-order chi connectivity index (χ1) is 16.6. The van der Waals surface area contributed by atoms with Crippen molar-refractivity contribution in [2.75, 3.05) is 31.0 Å². The summed E-state index contributed by atoms with van der Waals surface area (Å²) >= 11 is 0. The summed E-state index contributed by atoms with van der Waals surface area (Å²) in [6.07, 6.45) is 1.95. The number of aryl methyl sites for hydroxylation is 1. The van der Waals surface area contributed by atoms with Crippen molar-refractivity contribution in [3.63, 3.8) is 0 Å². The Balaban J connectivity index is 1.89. The number of hydrogen-bond acceptors (Lipinski definition) is 5. The number of nitrogens with one attached hydrogen (secondary N) is 1. The number of anilines is 1. The van der Waals surface area contributed by atoms with Gasteiger partial charge in [0.15, 0.2) is 0 Å². The molecule has 192 valence electrons. The van der Waals surface area contributed by atoms with Crippen molar-refractivity contribution in [3.8, 4) is 5.75 Å². The van der Waals surface area contributed by atoms with Crippen LogP contribution in [0.25, 0.3) is 0 Å². The SMILES string of the molecule is CCN(CC)CCCCc1cc(F)ccc1S(=O)(=O)Nc1ccc2c(c1C(=O)O)OCC(C)C2C. The number of hydrogen-bond donors (Lipinski definition) is 2. The number of carbonyl (C=O) groups is 1. The molecule has 0 aromatic heterocycles. The van der Waals surface area contributed by atoms with Crippen LogP contribution in [0.5, 0.6) is 5.75 Å². The van der Waals surface area contributed by atoms with Crippen LogP contribution < -0.4 is 9.46 Å². The molecule has 2 aromatic rings. The molecule has 0 spiro atoms. The number of benzene rings is 2. The second kappa shape index (κ2) is 11.4. The van der Waals surface area contributed by atoms with E-state index in [4.69, 9.17) is 4.74 Å². The van der Waals surface area contributed by atoms with Gasteiger partial charge in [-0.05, 0) is 86.1 Å². The molecule has 0 saturated heterocycles. The van der Waals surface area contributed by atoms with Crippen molar-refractivity contribution in [2.24, 2.45) is 5.92 Å². The third-order valence-corrected chi connectivity index (χ3v) is 8.32. The number of sulfonamides is 1. The molecule has 1 aliphatic heterocycles. The first-order valence-corrected chi connectivity index (χ1v) is 13.6. The van der Waals surface area contributed by atoms with Gasteiger partial charge in [-0.2, -0.15) is 0 Å². The summed E-state index contributed by atoms with van der Waals surface area (Å²) in [5.74, 6) is -1.33. The maximum Gasteiger partial charge on any atom is 0.341 e. The van der Waals surface area contributed by atoms with Gasteiger partial charge in [0, 0.05) is 0 Å². The molecule has 9 heteroatoms. The fraction of sp³-hybridized carbons (Fsp3) is 0.500. The van der Waals surface area contributed by atoms with Gasteiger partial charge in [-0.25, -0.2) is 17.6 Å². The molecule has 0 aliphatic carbocycles. The topological polar surface area (TPSA) is 95.9 Å². The summed E-state index contributed by atoms with van der Waals surface area (Å²) in [4.78, 5) is 14.3. The van der Waals surface area contributed by atoms with Crippen molar-refractivity contribution in [1.29, 1.82) is 0 Å². The van der Waals surface area contributed by atoms with E-state index in [-0.39, 0.29) is 33.7 Å². The molecular formula is C26H35FN2O5S. The van der Waals surface area contributed by atoms with Crippen LogP contribution in [0.2, 0.25) is 0 Å². The molecule has 0 radical (unpaired) electrons. The minimum Gasteiger partial charge on any atom is -0.492 e. The number of halogens is 1. The van der Waals surface area contributed by atoms with E-state index in [2.05, 4.69) is 23.5 Å². The van der Waals surface area contributed by atoms with Crippen LogP contribution in [0, 0.1) is 11.7 Å². The van der Waals surface area contributed by atoms with E-state index < -0.39 is 21.8 Å². The average Bonchev–Trinajstić information content (AvgIpc) is 2.81. The highest BCUT2D eigenvalue weighted by molar-refractivity contribution is 7.92. The monoisotopic (exact) mass is 506 g/mol. The fourth-order valence-corrected chi connectivity index (χ4v) is 5.79. The van der Waals surface area contributed by atoms with E-state index in [1.54, 1.807) is 6.07 Å². The molecule has 2 unspecified atom stereocenters. The summed E-state index contributed by atoms with van der Waals surface area (Å²) in [6, 6.07) is 6.74. The molecule has 1 aliphatic rings. The Labute approximate surface area is 207 Å². The number of ether oxygens (including phenoxy) is 1. The van der Waals surface area contributed by atoms with E-state index in [9.17, 15) is 22.7 Å². The molecule has 1 heterocycles. The van der Waals surface area contributed by atoms with Gasteiger partial charge in [0.1, 0.15) is 17.1 Å². The summed E-state index contributed by atoms with van der Waals surface area (Å²) < 4.78 is 48.9. The minimum absolute atomic E-state index is 0.0568. The van der Waals surface area contributed by atoms with Gasteiger partial charge in [0.25, 0.3) is 10.0 Å². The van der Waals surface area contributed by atoms with Gasteiger partial charge in [-0.15, -0.1) is 0 Å². The lowest BCUT2D eigenvalue weighted by molar-refractivity contribution is 0.0690. The maximum atomic E-state index is 14.0. The van der Waals surface area contributed by atoms with Gasteiger partial charge in [-0.1, -0.05) is 33.8 Å². The Morgan fingerprint density at radius 1 is 1.17 bits per heavy atom. The summed E-state index contributed by atoms with van der Waals surface area (Å²) in [5.41, 5.74) is 0.813. The Morgan fingerprint density at radius 2 is 1.89 bits per heavy atom. The fourth-order valence-electron chi connectivity index (χ4n) is 4.47. The standard InChI is InChI=1S/C26H35FN2O5S/c1-5-29(6-2)14-8-7-9-19-15-20(27)10-13-23(19)35(32,33)28-22-12-11-21-18(4)17(3)16-34-25(21)24(22)26(30)31/h10-13,15,17-18,28H,5-9,14,16H2,1-4H3,(H,30,31). The molecule has 35 heavy (non-hydrogen) atoms. The van der Waals surface area contributed by atoms with Crippen molar-refractivity contribution < 1.29 is 27.4 Å². The van der Waals surface area contributed by atoms with Crippen LogP contribution in [0.3, 0.4) is 0 Å². The molecule has 0 saturated carbocycles. The van der Waals surface area contributed by atoms with Crippen LogP contribution >= 0.6 is 0 Å². The van der Waals surface area contributed by atoms with E-state index in [1.165, 1.54) is 18.2 Å². The summed E-state index contributed by atoms with van der Waals surface area (Å²) in [5, 5.41) is 9.89. The predicted molar refractivity (Wildman–Crippen MR) is 134 cm³/mol. The third-order valence-electron chi connectivity index (χ3n) is 6.86. The lowest BCUT2D eigenvalue weighted by Crippen LogP contribution is -2.25. The largest absolute Gasteiger partial charge is 0.492 e. The molecule has 3 rings (SSSR count). The van der Waals surface area contributed by atoms with Crippen LogP contribution in [0.1, 0.15) is 67.9 Å². The Morgan fingerprint density at radius 3 is 2.54 bits per heavy atom. The van der Waals surface area contributed by atoms with Crippen LogP contribution in [-0.4, -0.2) is 50.6 Å². The summed E-state index contributed by atoms with van der Waals surface area (Å²) in [6.45, 7) is 11.3. The van der Waals surface area contributed by atoms with Crippen LogP contribution in [0.4, 0.5) is 10.1 Å². The minimum atomic E-state index is -4.18. The zero-order chi connectivity index (χ0) is 25.8. The van der Waals surface area contributed by atoms with E-state index >= 15 is 0 Å². The highest BCUT2D eigenvalue weighted by atomic mass is 32.2. The van der Waals surface area contributed by atoms with Crippen molar-refractivity contribution in [2.45, 2.75) is 57.8 Å². The van der Waals surface area contributed by atoms with Crippen LogP contribution in [-0.2, 0) is 16.4 Å². The molecule has 0 bridgehead atoms. The number of nitrogens with zero attached hydrogens (tertiary/aromatic N) is 1. The molecule has 0 amide bonds. The maximum absolute atomic E-state index is 14.0. The second-order valence-corrected chi connectivity index (χ2v) is 10.8. The normalized spacial score (nSPS) is 17.7. The Bertz CT molecular complexity index is 1160. The molecule has 7 nitrogen and oxygen atoms in total.